The van der Waals surface area contributed by atoms with Gasteiger partial charge in [0, 0.05) is 37.6 Å². The molecule has 1 N–H and O–H groups in total. The molecule has 33 heavy (non-hydrogen) atoms. The minimum Gasteiger partial charge on any atom is -0.497 e. The van der Waals surface area contributed by atoms with E-state index in [2.05, 4.69) is 49.8 Å². The normalized spacial score (nSPS) is 14.9. The van der Waals surface area contributed by atoms with Crippen molar-refractivity contribution in [1.82, 2.24) is 25.1 Å². The number of rotatable bonds is 6. The van der Waals surface area contributed by atoms with Crippen LogP contribution in [0.4, 0.5) is 11.4 Å². The highest BCUT2D eigenvalue weighted by molar-refractivity contribution is 6.24. The number of tetrazole rings is 1. The molecule has 172 valence electrons. The van der Waals surface area contributed by atoms with Gasteiger partial charge in [-0.2, -0.15) is 4.68 Å². The van der Waals surface area contributed by atoms with E-state index in [-0.39, 0.29) is 5.91 Å². The molecule has 0 spiro atoms. The molecule has 2 aromatic carbocycles. The van der Waals surface area contributed by atoms with Crippen molar-refractivity contribution < 1.29 is 9.53 Å². The molecular weight excluding hydrogens is 418 g/mol. The van der Waals surface area contributed by atoms with Crippen LogP contribution in [0.3, 0.4) is 0 Å². The van der Waals surface area contributed by atoms with Crippen molar-refractivity contribution in [3.05, 3.63) is 59.4 Å². The number of benzene rings is 2. The van der Waals surface area contributed by atoms with Crippen LogP contribution < -0.4 is 15.0 Å². The Morgan fingerprint density at radius 3 is 2.55 bits per heavy atom. The van der Waals surface area contributed by atoms with Gasteiger partial charge in [-0.1, -0.05) is 12.1 Å². The largest absolute Gasteiger partial charge is 0.497 e. The number of anilines is 2. The number of hydrogen-bond donors (Lipinski definition) is 1. The quantitative estimate of drug-likeness (QED) is 0.581. The first kappa shape index (κ1) is 22.5. The Morgan fingerprint density at radius 1 is 1.09 bits per heavy atom. The van der Waals surface area contributed by atoms with Crippen LogP contribution in [-0.4, -0.2) is 71.4 Å². The molecule has 0 atom stereocenters. The molecule has 1 aliphatic rings. The zero-order chi connectivity index (χ0) is 23.4. The van der Waals surface area contributed by atoms with Gasteiger partial charge in [-0.15, -0.1) is 5.10 Å². The maximum Gasteiger partial charge on any atom is 0.274 e. The number of piperazine rings is 1. The number of carbonyl (C=O) groups excluding carboxylic acids is 1. The summed E-state index contributed by atoms with van der Waals surface area (Å²) in [6.45, 7) is 7.83. The Morgan fingerprint density at radius 2 is 1.88 bits per heavy atom. The van der Waals surface area contributed by atoms with Gasteiger partial charge in [0.2, 0.25) is 0 Å². The summed E-state index contributed by atoms with van der Waals surface area (Å²) in [4.78, 5) is 18.1. The lowest BCUT2D eigenvalue weighted by molar-refractivity contribution is -0.111. The van der Waals surface area contributed by atoms with Crippen LogP contribution in [0.5, 0.6) is 5.75 Å². The van der Waals surface area contributed by atoms with Crippen molar-refractivity contribution in [2.75, 3.05) is 50.6 Å². The third kappa shape index (κ3) is 5.20. The first-order valence-corrected chi connectivity index (χ1v) is 10.9. The molecule has 0 radical (unpaired) electrons. The molecule has 1 amide bonds. The summed E-state index contributed by atoms with van der Waals surface area (Å²) in [5, 5.41) is 14.7. The molecule has 9 heteroatoms. The minimum atomic E-state index is -0.302. The number of ether oxygens (including phenoxy) is 1. The smallest absolute Gasteiger partial charge is 0.274 e. The number of nitrogens with one attached hydrogen (secondary N) is 1. The van der Waals surface area contributed by atoms with E-state index in [1.54, 1.807) is 20.1 Å². The maximum absolute atomic E-state index is 13.4. The fraction of sp³-hybridized carbons (Fsp3) is 0.333. The van der Waals surface area contributed by atoms with E-state index in [1.165, 1.54) is 10.4 Å². The number of aryl methyl sites for hydroxylation is 2. The molecule has 3 aromatic rings. The van der Waals surface area contributed by atoms with Crippen LogP contribution in [0.15, 0.2) is 42.5 Å². The summed E-state index contributed by atoms with van der Waals surface area (Å²) in [7, 11) is 3.75. The molecular formula is C24H29N7O2. The Bertz CT molecular complexity index is 1160. The second-order valence-electron chi connectivity index (χ2n) is 8.19. The fourth-order valence-electron chi connectivity index (χ4n) is 3.80. The maximum atomic E-state index is 13.4. The van der Waals surface area contributed by atoms with Crippen LogP contribution in [0.25, 0.3) is 11.8 Å². The van der Waals surface area contributed by atoms with Gasteiger partial charge in [0.15, 0.2) is 5.82 Å². The highest BCUT2D eigenvalue weighted by Gasteiger charge is 2.19. The van der Waals surface area contributed by atoms with Crippen LogP contribution in [0, 0.1) is 13.8 Å². The number of amides is 1. The van der Waals surface area contributed by atoms with Crippen molar-refractivity contribution in [1.29, 1.82) is 0 Å². The average molecular weight is 448 g/mol. The van der Waals surface area contributed by atoms with Gasteiger partial charge >= 0.3 is 0 Å². The molecule has 0 saturated carbocycles. The van der Waals surface area contributed by atoms with Gasteiger partial charge in [0.1, 0.15) is 11.4 Å². The van der Waals surface area contributed by atoms with Crippen LogP contribution in [0.2, 0.25) is 0 Å². The standard InChI is InChI=1S/C24H29N7O2/c1-17-14-20(30-12-10-29(3)11-13-30)8-9-22(17)25-24(32)23(31-18(2)26-27-28-31)16-19-6-5-7-21(15-19)33-4/h5-9,14-16H,10-13H2,1-4H3,(H,25,32)/b23-16-. The summed E-state index contributed by atoms with van der Waals surface area (Å²) in [6, 6.07) is 13.6. The highest BCUT2D eigenvalue weighted by atomic mass is 16.5. The summed E-state index contributed by atoms with van der Waals surface area (Å²) < 4.78 is 6.74. The number of nitrogens with zero attached hydrogens (tertiary/aromatic N) is 6. The molecule has 9 nitrogen and oxygen atoms in total. The van der Waals surface area contributed by atoms with Gasteiger partial charge < -0.3 is 19.9 Å². The first-order valence-electron chi connectivity index (χ1n) is 10.9. The number of methoxy groups -OCH3 is 1. The topological polar surface area (TPSA) is 88.4 Å². The highest BCUT2D eigenvalue weighted by Crippen LogP contribution is 2.25. The zero-order valence-electron chi connectivity index (χ0n) is 19.4. The van der Waals surface area contributed by atoms with E-state index in [4.69, 9.17) is 4.74 Å². The van der Waals surface area contributed by atoms with Gasteiger partial charge in [-0.25, -0.2) is 0 Å². The predicted molar refractivity (Wildman–Crippen MR) is 129 cm³/mol. The van der Waals surface area contributed by atoms with Gasteiger partial charge in [-0.05, 0) is 78.9 Å². The molecule has 1 saturated heterocycles. The third-order valence-electron chi connectivity index (χ3n) is 5.81. The third-order valence-corrected chi connectivity index (χ3v) is 5.81. The van der Waals surface area contributed by atoms with Gasteiger partial charge in [-0.3, -0.25) is 4.79 Å². The number of hydrogen-bond acceptors (Lipinski definition) is 7. The summed E-state index contributed by atoms with van der Waals surface area (Å²) in [6.07, 6.45) is 1.75. The summed E-state index contributed by atoms with van der Waals surface area (Å²) in [5.41, 5.74) is 4.03. The first-order chi connectivity index (χ1) is 15.9. The Labute approximate surface area is 193 Å². The molecule has 1 aromatic heterocycles. The number of carbonyl (C=O) groups is 1. The second-order valence-corrected chi connectivity index (χ2v) is 8.19. The Hall–Kier alpha value is -3.72. The van der Waals surface area contributed by atoms with Crippen LogP contribution in [-0.2, 0) is 4.79 Å². The van der Waals surface area contributed by atoms with Crippen molar-refractivity contribution >= 4 is 29.1 Å². The molecule has 2 heterocycles. The molecule has 1 aliphatic heterocycles. The molecule has 0 aliphatic carbocycles. The van der Waals surface area contributed by atoms with E-state index < -0.39 is 0 Å². The monoisotopic (exact) mass is 447 g/mol. The predicted octanol–water partition coefficient (Wildman–Crippen LogP) is 2.69. The lowest BCUT2D eigenvalue weighted by Gasteiger charge is -2.34. The summed E-state index contributed by atoms with van der Waals surface area (Å²) in [5.74, 6) is 0.914. The zero-order valence-corrected chi connectivity index (χ0v) is 19.4. The molecule has 4 rings (SSSR count). The van der Waals surface area contributed by atoms with Crippen molar-refractivity contribution in [3.8, 4) is 5.75 Å². The second kappa shape index (κ2) is 9.83. The molecule has 0 unspecified atom stereocenters. The van der Waals surface area contributed by atoms with E-state index in [0.717, 1.165) is 43.0 Å². The lowest BCUT2D eigenvalue weighted by Crippen LogP contribution is -2.44. The molecule has 1 fully saturated rings. The van der Waals surface area contributed by atoms with E-state index in [9.17, 15) is 4.79 Å². The number of likely N-dealkylation sites (N-methyl/N-ethyl adjacent to an activating group) is 1. The van der Waals surface area contributed by atoms with Gasteiger partial charge in [0.25, 0.3) is 5.91 Å². The van der Waals surface area contributed by atoms with E-state index in [0.29, 0.717) is 17.3 Å². The van der Waals surface area contributed by atoms with Gasteiger partial charge in [0.05, 0.1) is 7.11 Å². The van der Waals surface area contributed by atoms with Crippen molar-refractivity contribution in [2.24, 2.45) is 0 Å². The summed E-state index contributed by atoms with van der Waals surface area (Å²) >= 11 is 0. The lowest BCUT2D eigenvalue weighted by atomic mass is 10.1. The van der Waals surface area contributed by atoms with Crippen molar-refractivity contribution in [2.45, 2.75) is 13.8 Å². The van der Waals surface area contributed by atoms with E-state index in [1.807, 2.05) is 37.3 Å². The Kier molecular flexibility index (Phi) is 6.69. The van der Waals surface area contributed by atoms with Crippen molar-refractivity contribution in [3.63, 3.8) is 0 Å². The van der Waals surface area contributed by atoms with Crippen LogP contribution >= 0.6 is 0 Å². The SMILES string of the molecule is COc1cccc(/C=C(/C(=O)Nc2ccc(N3CCN(C)CC3)cc2C)n2nnnc2C)c1. The average Bonchev–Trinajstić information content (AvgIpc) is 3.24. The minimum absolute atomic E-state index is 0.302. The fourth-order valence-corrected chi connectivity index (χ4v) is 3.80. The number of aromatic nitrogens is 4. The van der Waals surface area contributed by atoms with Crippen LogP contribution in [0.1, 0.15) is 17.0 Å². The molecule has 0 bridgehead atoms. The Balaban J connectivity index is 1.59. The van der Waals surface area contributed by atoms with E-state index >= 15 is 0 Å².